The first-order chi connectivity index (χ1) is 50.4. The van der Waals surface area contributed by atoms with Crippen LogP contribution in [-0.2, 0) is 37.5 Å². The lowest BCUT2D eigenvalue weighted by Crippen LogP contribution is -2.18. The van der Waals surface area contributed by atoms with Crippen LogP contribution in [0.3, 0.4) is 0 Å². The van der Waals surface area contributed by atoms with Crippen LogP contribution in [0.2, 0.25) is 0 Å². The Kier molecular flexibility index (Phi) is 27.3. The van der Waals surface area contributed by atoms with Crippen molar-refractivity contribution < 1.29 is 23.9 Å². The van der Waals surface area contributed by atoms with Crippen LogP contribution in [0.25, 0.3) is 55.8 Å². The Hall–Kier alpha value is -8.47. The molecule has 1 amide bonds. The zero-order chi connectivity index (χ0) is 73.2. The summed E-state index contributed by atoms with van der Waals surface area (Å²) in [5.41, 5.74) is 13.1. The number of anilines is 2. The number of hydrogen-bond acceptors (Lipinski definition) is 17. The molecular formula is C81H111N17O5S. The van der Waals surface area contributed by atoms with Crippen LogP contribution in [0.1, 0.15) is 250 Å². The summed E-state index contributed by atoms with van der Waals surface area (Å²) in [6.07, 6.45) is 43.7. The van der Waals surface area contributed by atoms with Gasteiger partial charge in [0.2, 0.25) is 17.8 Å². The van der Waals surface area contributed by atoms with Gasteiger partial charge in [0, 0.05) is 93.9 Å². The number of Topliss-reactive ketones (excluding diaryl/α,β-unsaturated/α-hetero) is 3. The van der Waals surface area contributed by atoms with Crippen molar-refractivity contribution in [2.24, 2.45) is 29.6 Å². The minimum Gasteiger partial charge on any atom is -0.465 e. The number of ketones is 3. The van der Waals surface area contributed by atoms with Gasteiger partial charge in [-0.15, -0.1) is 0 Å². The molecule has 2 N–H and O–H groups in total. The maximum absolute atomic E-state index is 11.6. The number of thioether (sulfide) groups is 1. The fraction of sp³-hybridized carbons (Fsp3) is 0.580. The minimum atomic E-state index is -0.0908. The lowest BCUT2D eigenvalue weighted by molar-refractivity contribution is -0.114. The summed E-state index contributed by atoms with van der Waals surface area (Å²) in [6, 6.07) is 10.7. The zero-order valence-electron chi connectivity index (χ0n) is 63.4. The zero-order valence-corrected chi connectivity index (χ0v) is 64.3. The molecule has 0 aliphatic heterocycles. The molecule has 15 rings (SSSR count). The van der Waals surface area contributed by atoms with Crippen LogP contribution < -0.4 is 15.4 Å². The lowest BCUT2D eigenvalue weighted by atomic mass is 9.89. The Morgan fingerprint density at radius 3 is 1.15 bits per heavy atom. The number of ether oxygens (including phenoxy) is 1. The summed E-state index contributed by atoms with van der Waals surface area (Å²) in [4.78, 5) is 90.7. The number of hydrogen-bond donors (Lipinski definition) is 2. The van der Waals surface area contributed by atoms with Gasteiger partial charge in [0.1, 0.15) is 5.82 Å². The monoisotopic (exact) mass is 1430 g/mol. The predicted molar refractivity (Wildman–Crippen MR) is 416 cm³/mol. The minimum absolute atomic E-state index is 0.0257. The molecule has 104 heavy (non-hydrogen) atoms. The van der Waals surface area contributed by atoms with Crippen LogP contribution in [-0.4, -0.2) is 115 Å². The predicted octanol–water partition coefficient (Wildman–Crippen LogP) is 18.1. The average Bonchev–Trinajstić information content (AvgIpc) is 1.67. The number of pyridine rings is 5. The molecule has 5 aliphatic carbocycles. The number of carbonyl (C=O) groups excluding carboxylic acids is 4. The number of carbonyl (C=O) groups is 4. The molecule has 556 valence electrons. The molecule has 10 aromatic rings. The lowest BCUT2D eigenvalue weighted by Gasteiger charge is -2.23. The van der Waals surface area contributed by atoms with Gasteiger partial charge in [0.15, 0.2) is 50.7 Å². The average molecular weight is 1430 g/mol. The van der Waals surface area contributed by atoms with Gasteiger partial charge in [-0.3, -0.25) is 29.1 Å². The van der Waals surface area contributed by atoms with E-state index in [0.29, 0.717) is 58.4 Å². The molecule has 0 bridgehead atoms. The van der Waals surface area contributed by atoms with E-state index in [1.165, 1.54) is 179 Å². The van der Waals surface area contributed by atoms with E-state index in [1.54, 1.807) is 51.1 Å². The molecule has 5 fully saturated rings. The third kappa shape index (κ3) is 19.9. The molecule has 0 aromatic carbocycles. The Morgan fingerprint density at radius 2 is 0.750 bits per heavy atom. The van der Waals surface area contributed by atoms with Gasteiger partial charge in [0.25, 0.3) is 6.01 Å². The van der Waals surface area contributed by atoms with Crippen LogP contribution >= 0.6 is 11.8 Å². The Bertz CT molecular complexity index is 4530. The molecule has 0 unspecified atom stereocenters. The molecule has 5 aliphatic rings. The number of rotatable bonds is 19. The molecule has 10 heterocycles. The standard InChI is InChI=1S/C17H23N3O2.C16H22N4O.C16H24N4.C16H21N3OS.C16H21N3O/c1-3-22-17-19-16-15(9-14(10-18-16)12(2)21)20(17)11-13-7-5-4-6-8-13;1-11-8-14-15(17-9-11)19-16(18-12(2)21)20(14)10-13-6-4-3-5-7-13;1-3-17-16-19-15-14(9-12(2)10-18-15)20(16)11-13-7-5-4-6-8-13;1-11(20)13-8-14-15(17-9-13)18-16(21-2)19(14)10-12-6-4-3-5-7-12;1-11(20)14-8-15-16(17-9-14)18-12(2)19(15)10-13-6-4-3-5-7-13/h9-10,13H,3-8,11H2,1-2H3;8-9,13H,3-7,10H2,1-2H3,(H,17,18,19,21);9-10,13H,3-8,11H2,1-2H3,(H,17,18,19);8-9,12H,3-7,10H2,1-2H3;8-9,13H,3-7,10H2,1-2H3. The topological polar surface area (TPSA) is 255 Å². The van der Waals surface area contributed by atoms with E-state index < -0.39 is 0 Å². The van der Waals surface area contributed by atoms with Crippen LogP contribution in [0.5, 0.6) is 6.01 Å². The molecule has 0 spiro atoms. The SMILES string of the molecule is CC(=O)Nc1nc2ncc(C)cc2n1CC1CCCCC1.CC(=O)c1cnc2nc(C)n(CC3CCCCC3)c2c1.CCNc1nc2ncc(C)cc2n1CC1CCCCC1.CCOc1nc2ncc(C(C)=O)cc2n1CC1CCCCC1.CSc1nc2ncc(C(C)=O)cc2n1CC1CCCCC1. The van der Waals surface area contributed by atoms with Gasteiger partial charge < -0.3 is 28.3 Å². The molecule has 22 nitrogen and oxygen atoms in total. The summed E-state index contributed by atoms with van der Waals surface area (Å²) in [6.45, 7) is 22.8. The quantitative estimate of drug-likeness (QED) is 0.0563. The van der Waals surface area contributed by atoms with E-state index in [2.05, 4.69) is 109 Å². The van der Waals surface area contributed by atoms with Gasteiger partial charge >= 0.3 is 0 Å². The van der Waals surface area contributed by atoms with Crippen molar-refractivity contribution in [3.8, 4) is 6.01 Å². The number of nitrogens with one attached hydrogen (secondary N) is 2. The van der Waals surface area contributed by atoms with Gasteiger partial charge in [-0.1, -0.05) is 108 Å². The van der Waals surface area contributed by atoms with E-state index >= 15 is 0 Å². The normalized spacial score (nSPS) is 16.4. The fourth-order valence-corrected chi connectivity index (χ4v) is 16.5. The van der Waals surface area contributed by atoms with E-state index in [4.69, 9.17) is 4.74 Å². The molecule has 10 aromatic heterocycles. The van der Waals surface area contributed by atoms with Crippen molar-refractivity contribution in [2.45, 2.75) is 261 Å². The second-order valence-corrected chi connectivity index (χ2v) is 30.6. The number of amides is 1. The fourth-order valence-electron chi connectivity index (χ4n) is 15.9. The summed E-state index contributed by atoms with van der Waals surface area (Å²) in [5.74, 6) is 6.23. The van der Waals surface area contributed by atoms with Crippen LogP contribution in [0.15, 0.2) is 66.5 Å². The first-order valence-electron chi connectivity index (χ1n) is 38.9. The van der Waals surface area contributed by atoms with Gasteiger partial charge in [0.05, 0.1) is 34.2 Å². The van der Waals surface area contributed by atoms with Crippen molar-refractivity contribution in [3.05, 3.63) is 95.0 Å². The maximum atomic E-state index is 11.6. The number of nitrogens with zero attached hydrogens (tertiary/aromatic N) is 15. The van der Waals surface area contributed by atoms with E-state index in [9.17, 15) is 19.2 Å². The summed E-state index contributed by atoms with van der Waals surface area (Å²) < 4.78 is 16.8. The second kappa shape index (κ2) is 37.0. The van der Waals surface area contributed by atoms with Crippen molar-refractivity contribution in [1.29, 1.82) is 0 Å². The van der Waals surface area contributed by atoms with Crippen LogP contribution in [0.4, 0.5) is 11.9 Å². The summed E-state index contributed by atoms with van der Waals surface area (Å²) >= 11 is 1.65. The Balaban J connectivity index is 0.000000130. The molecule has 0 saturated heterocycles. The first kappa shape index (κ1) is 76.7. The number of aromatic nitrogens is 15. The van der Waals surface area contributed by atoms with E-state index in [1.807, 2.05) is 57.6 Å². The highest BCUT2D eigenvalue weighted by molar-refractivity contribution is 7.98. The molecule has 5 saturated carbocycles. The van der Waals surface area contributed by atoms with Crippen molar-refractivity contribution in [1.82, 2.24) is 72.7 Å². The van der Waals surface area contributed by atoms with Gasteiger partial charge in [-0.2, -0.15) is 15.0 Å². The van der Waals surface area contributed by atoms with E-state index in [0.717, 1.165) is 119 Å². The Labute approximate surface area is 617 Å². The highest BCUT2D eigenvalue weighted by Crippen LogP contribution is 2.35. The molecule has 23 heteroatoms. The maximum Gasteiger partial charge on any atom is 0.298 e. The Morgan fingerprint density at radius 1 is 0.413 bits per heavy atom. The number of fused-ring (bicyclic) bond motifs is 5. The number of imidazole rings is 5. The molecular weight excluding hydrogens is 1320 g/mol. The van der Waals surface area contributed by atoms with E-state index in [-0.39, 0.29) is 23.3 Å². The molecule has 0 radical (unpaired) electrons. The van der Waals surface area contributed by atoms with Gasteiger partial charge in [-0.05, 0) is 197 Å². The highest BCUT2D eigenvalue weighted by Gasteiger charge is 2.25. The number of aryl methyl sites for hydroxylation is 3. The second-order valence-electron chi connectivity index (χ2n) is 29.8. The molecule has 0 atom stereocenters. The van der Waals surface area contributed by atoms with Crippen molar-refractivity contribution >= 4 is 103 Å². The largest absolute Gasteiger partial charge is 0.465 e. The highest BCUT2D eigenvalue weighted by atomic mass is 32.2. The third-order valence-electron chi connectivity index (χ3n) is 21.5. The third-order valence-corrected chi connectivity index (χ3v) is 22.2. The van der Waals surface area contributed by atoms with Gasteiger partial charge in [-0.25, -0.2) is 34.9 Å². The van der Waals surface area contributed by atoms with Crippen LogP contribution in [0, 0.1) is 50.4 Å². The first-order valence-corrected chi connectivity index (χ1v) is 40.1. The van der Waals surface area contributed by atoms with Crippen molar-refractivity contribution in [2.75, 3.05) is 30.0 Å². The van der Waals surface area contributed by atoms with Crippen molar-refractivity contribution in [3.63, 3.8) is 0 Å². The summed E-state index contributed by atoms with van der Waals surface area (Å²) in [7, 11) is 0. The summed E-state index contributed by atoms with van der Waals surface area (Å²) in [5, 5.41) is 7.23. The smallest absolute Gasteiger partial charge is 0.298 e.